The standard InChI is InChI=1S/C14H22N2O2/c1-10-3-4-14(18)13(15-10)9-16-7-5-12(6-8-16)11(2)17/h3-4,11-12,17-18H,5-9H2,1-2H3. The summed E-state index contributed by atoms with van der Waals surface area (Å²) in [6.45, 7) is 6.42. The summed E-state index contributed by atoms with van der Waals surface area (Å²) in [6.07, 6.45) is 1.83. The van der Waals surface area contributed by atoms with Crippen molar-refractivity contribution in [3.8, 4) is 5.75 Å². The number of hydrogen-bond donors (Lipinski definition) is 2. The number of nitrogens with zero attached hydrogens (tertiary/aromatic N) is 2. The van der Waals surface area contributed by atoms with Crippen molar-refractivity contribution in [2.24, 2.45) is 5.92 Å². The Morgan fingerprint density at radius 3 is 2.67 bits per heavy atom. The molecule has 2 N–H and O–H groups in total. The minimum Gasteiger partial charge on any atom is -0.506 e. The van der Waals surface area contributed by atoms with Gasteiger partial charge in [-0.15, -0.1) is 0 Å². The molecule has 0 amide bonds. The molecule has 4 nitrogen and oxygen atoms in total. The zero-order chi connectivity index (χ0) is 13.1. The third kappa shape index (κ3) is 3.21. The molecule has 4 heteroatoms. The molecule has 0 spiro atoms. The lowest BCUT2D eigenvalue weighted by Crippen LogP contribution is -2.36. The summed E-state index contributed by atoms with van der Waals surface area (Å²) in [6, 6.07) is 3.53. The number of aromatic nitrogens is 1. The van der Waals surface area contributed by atoms with Gasteiger partial charge in [-0.2, -0.15) is 0 Å². The van der Waals surface area contributed by atoms with E-state index in [9.17, 15) is 10.2 Å². The van der Waals surface area contributed by atoms with E-state index >= 15 is 0 Å². The Labute approximate surface area is 108 Å². The molecule has 0 aliphatic carbocycles. The van der Waals surface area contributed by atoms with Crippen molar-refractivity contribution in [1.82, 2.24) is 9.88 Å². The molecule has 1 aromatic rings. The first kappa shape index (κ1) is 13.3. The van der Waals surface area contributed by atoms with Crippen LogP contribution in [-0.4, -0.2) is 39.3 Å². The molecule has 0 bridgehead atoms. The summed E-state index contributed by atoms with van der Waals surface area (Å²) in [5.41, 5.74) is 1.69. The number of piperidine rings is 1. The molecule has 1 aromatic heterocycles. The Morgan fingerprint density at radius 1 is 1.39 bits per heavy atom. The molecule has 1 saturated heterocycles. The summed E-state index contributed by atoms with van der Waals surface area (Å²) in [5.74, 6) is 0.693. The van der Waals surface area contributed by atoms with E-state index in [0.717, 1.165) is 37.3 Å². The molecule has 1 atom stereocenters. The van der Waals surface area contributed by atoms with Crippen LogP contribution >= 0.6 is 0 Å². The Hall–Kier alpha value is -1.13. The quantitative estimate of drug-likeness (QED) is 0.857. The number of aliphatic hydroxyl groups is 1. The molecule has 0 saturated carbocycles. The van der Waals surface area contributed by atoms with Crippen LogP contribution in [0.3, 0.4) is 0 Å². The molecule has 18 heavy (non-hydrogen) atoms. The molecular formula is C14H22N2O2. The van der Waals surface area contributed by atoms with E-state index in [0.29, 0.717) is 12.5 Å². The van der Waals surface area contributed by atoms with Gasteiger partial charge in [-0.25, -0.2) is 0 Å². The third-order valence-corrected chi connectivity index (χ3v) is 3.78. The monoisotopic (exact) mass is 250 g/mol. The third-order valence-electron chi connectivity index (χ3n) is 3.78. The first-order valence-electron chi connectivity index (χ1n) is 6.62. The first-order chi connectivity index (χ1) is 8.56. The summed E-state index contributed by atoms with van der Waals surface area (Å²) < 4.78 is 0. The Bertz CT molecular complexity index is 399. The van der Waals surface area contributed by atoms with Gasteiger partial charge < -0.3 is 10.2 Å². The van der Waals surface area contributed by atoms with Crippen molar-refractivity contribution in [2.75, 3.05) is 13.1 Å². The molecule has 2 heterocycles. The highest BCUT2D eigenvalue weighted by atomic mass is 16.3. The summed E-state index contributed by atoms with van der Waals surface area (Å²) in [4.78, 5) is 6.67. The van der Waals surface area contributed by atoms with Gasteiger partial charge in [0.15, 0.2) is 0 Å². The van der Waals surface area contributed by atoms with E-state index in [4.69, 9.17) is 0 Å². The summed E-state index contributed by atoms with van der Waals surface area (Å²) in [5, 5.41) is 19.3. The second-order valence-corrected chi connectivity index (χ2v) is 5.27. The van der Waals surface area contributed by atoms with Crippen molar-refractivity contribution < 1.29 is 10.2 Å². The van der Waals surface area contributed by atoms with Crippen molar-refractivity contribution in [1.29, 1.82) is 0 Å². The molecule has 1 fully saturated rings. The lowest BCUT2D eigenvalue weighted by molar-refractivity contribution is 0.0688. The number of rotatable bonds is 3. The molecule has 0 aromatic carbocycles. The minimum atomic E-state index is -0.211. The Morgan fingerprint density at radius 2 is 2.06 bits per heavy atom. The lowest BCUT2D eigenvalue weighted by Gasteiger charge is -2.33. The fraction of sp³-hybridized carbons (Fsp3) is 0.643. The van der Waals surface area contributed by atoms with Crippen LogP contribution < -0.4 is 0 Å². The van der Waals surface area contributed by atoms with E-state index in [1.165, 1.54) is 0 Å². The Kier molecular flexibility index (Phi) is 4.19. The van der Waals surface area contributed by atoms with Gasteiger partial charge in [0, 0.05) is 12.2 Å². The number of likely N-dealkylation sites (tertiary alicyclic amines) is 1. The van der Waals surface area contributed by atoms with Crippen LogP contribution in [0, 0.1) is 12.8 Å². The molecule has 1 unspecified atom stereocenters. The van der Waals surface area contributed by atoms with E-state index in [1.807, 2.05) is 19.9 Å². The number of pyridine rings is 1. The number of aryl methyl sites for hydroxylation is 1. The average molecular weight is 250 g/mol. The summed E-state index contributed by atoms with van der Waals surface area (Å²) >= 11 is 0. The summed E-state index contributed by atoms with van der Waals surface area (Å²) in [7, 11) is 0. The number of hydrogen-bond acceptors (Lipinski definition) is 4. The minimum absolute atomic E-state index is 0.211. The fourth-order valence-electron chi connectivity index (χ4n) is 2.52. The first-order valence-corrected chi connectivity index (χ1v) is 6.62. The molecule has 100 valence electrons. The highest BCUT2D eigenvalue weighted by Gasteiger charge is 2.23. The Balaban J connectivity index is 1.93. The van der Waals surface area contributed by atoms with Crippen LogP contribution in [0.4, 0.5) is 0 Å². The van der Waals surface area contributed by atoms with Gasteiger partial charge in [-0.3, -0.25) is 9.88 Å². The van der Waals surface area contributed by atoms with E-state index in [1.54, 1.807) is 6.07 Å². The average Bonchev–Trinajstić information content (AvgIpc) is 2.34. The number of aliphatic hydroxyl groups excluding tert-OH is 1. The van der Waals surface area contributed by atoms with Crippen LogP contribution in [0.1, 0.15) is 31.2 Å². The molecule has 2 rings (SSSR count). The van der Waals surface area contributed by atoms with Gasteiger partial charge in [0.25, 0.3) is 0 Å². The SMILES string of the molecule is Cc1ccc(O)c(CN2CCC(C(C)O)CC2)n1. The predicted octanol–water partition coefficient (Wildman–Crippen LogP) is 1.69. The van der Waals surface area contributed by atoms with E-state index in [-0.39, 0.29) is 11.9 Å². The maximum atomic E-state index is 9.78. The van der Waals surface area contributed by atoms with E-state index < -0.39 is 0 Å². The van der Waals surface area contributed by atoms with Crippen LogP contribution in [0.2, 0.25) is 0 Å². The fourth-order valence-corrected chi connectivity index (χ4v) is 2.52. The van der Waals surface area contributed by atoms with Gasteiger partial charge in [-0.1, -0.05) is 0 Å². The van der Waals surface area contributed by atoms with Gasteiger partial charge in [0.05, 0.1) is 11.8 Å². The molecule has 1 aliphatic rings. The van der Waals surface area contributed by atoms with Crippen LogP contribution in [-0.2, 0) is 6.54 Å². The maximum Gasteiger partial charge on any atom is 0.138 e. The predicted molar refractivity (Wildman–Crippen MR) is 70.3 cm³/mol. The van der Waals surface area contributed by atoms with Crippen LogP contribution in [0.5, 0.6) is 5.75 Å². The van der Waals surface area contributed by atoms with Gasteiger partial charge in [-0.05, 0) is 57.8 Å². The normalized spacial score (nSPS) is 19.9. The zero-order valence-corrected chi connectivity index (χ0v) is 11.1. The lowest BCUT2D eigenvalue weighted by atomic mass is 9.92. The largest absolute Gasteiger partial charge is 0.506 e. The van der Waals surface area contributed by atoms with Gasteiger partial charge in [0.2, 0.25) is 0 Å². The highest BCUT2D eigenvalue weighted by molar-refractivity contribution is 5.27. The van der Waals surface area contributed by atoms with Crippen molar-refractivity contribution in [3.63, 3.8) is 0 Å². The molecule has 0 radical (unpaired) electrons. The second kappa shape index (κ2) is 5.67. The zero-order valence-electron chi connectivity index (χ0n) is 11.1. The maximum absolute atomic E-state index is 9.78. The van der Waals surface area contributed by atoms with E-state index in [2.05, 4.69) is 9.88 Å². The second-order valence-electron chi connectivity index (χ2n) is 5.27. The molecular weight excluding hydrogens is 228 g/mol. The smallest absolute Gasteiger partial charge is 0.138 e. The van der Waals surface area contributed by atoms with Crippen LogP contribution in [0.15, 0.2) is 12.1 Å². The van der Waals surface area contributed by atoms with Crippen molar-refractivity contribution in [2.45, 2.75) is 39.3 Å². The van der Waals surface area contributed by atoms with Gasteiger partial charge in [0.1, 0.15) is 5.75 Å². The van der Waals surface area contributed by atoms with Crippen LogP contribution in [0.25, 0.3) is 0 Å². The molecule has 1 aliphatic heterocycles. The highest BCUT2D eigenvalue weighted by Crippen LogP contribution is 2.23. The number of aromatic hydroxyl groups is 1. The topological polar surface area (TPSA) is 56.6 Å². The van der Waals surface area contributed by atoms with Crippen molar-refractivity contribution in [3.05, 3.63) is 23.5 Å². The van der Waals surface area contributed by atoms with Gasteiger partial charge >= 0.3 is 0 Å². The van der Waals surface area contributed by atoms with Crippen molar-refractivity contribution >= 4 is 0 Å².